The number of halogens is 1. The summed E-state index contributed by atoms with van der Waals surface area (Å²) in [5, 5.41) is 0.619. The van der Waals surface area contributed by atoms with Crippen LogP contribution in [0.4, 0.5) is 0 Å². The van der Waals surface area contributed by atoms with Gasteiger partial charge in [0.15, 0.2) is 0 Å². The van der Waals surface area contributed by atoms with Gasteiger partial charge in [-0.2, -0.15) is 0 Å². The molecular formula is C16H18ClNO2. The van der Waals surface area contributed by atoms with Crippen molar-refractivity contribution in [3.05, 3.63) is 58.1 Å². The Morgan fingerprint density at radius 2 is 1.65 bits per heavy atom. The molecule has 20 heavy (non-hydrogen) atoms. The molecule has 0 heterocycles. The van der Waals surface area contributed by atoms with Crippen LogP contribution in [0.25, 0.3) is 0 Å². The van der Waals surface area contributed by atoms with Crippen LogP contribution in [0.3, 0.4) is 0 Å². The van der Waals surface area contributed by atoms with Gasteiger partial charge in [-0.25, -0.2) is 0 Å². The van der Waals surface area contributed by atoms with Crippen molar-refractivity contribution in [2.75, 3.05) is 14.2 Å². The van der Waals surface area contributed by atoms with Gasteiger partial charge in [-0.15, -0.1) is 0 Å². The molecule has 3 nitrogen and oxygen atoms in total. The van der Waals surface area contributed by atoms with Crippen LogP contribution >= 0.6 is 11.6 Å². The molecule has 0 aliphatic carbocycles. The number of methoxy groups -OCH3 is 2. The molecule has 0 amide bonds. The van der Waals surface area contributed by atoms with Crippen LogP contribution in [0, 0.1) is 6.92 Å². The Hall–Kier alpha value is -1.71. The van der Waals surface area contributed by atoms with Crippen molar-refractivity contribution in [2.45, 2.75) is 13.0 Å². The maximum atomic E-state index is 6.38. The Balaban J connectivity index is 2.51. The molecule has 0 aliphatic heterocycles. The van der Waals surface area contributed by atoms with Crippen molar-refractivity contribution in [1.29, 1.82) is 0 Å². The van der Waals surface area contributed by atoms with Crippen molar-refractivity contribution >= 4 is 11.6 Å². The number of benzene rings is 2. The molecule has 0 saturated heterocycles. The average molecular weight is 292 g/mol. The second-order valence-corrected chi connectivity index (χ2v) is 5.05. The third kappa shape index (κ3) is 2.89. The van der Waals surface area contributed by atoms with E-state index in [1.165, 1.54) is 0 Å². The van der Waals surface area contributed by atoms with Crippen molar-refractivity contribution < 1.29 is 9.47 Å². The van der Waals surface area contributed by atoms with E-state index < -0.39 is 0 Å². The molecule has 1 atom stereocenters. The molecule has 1 unspecified atom stereocenters. The van der Waals surface area contributed by atoms with Crippen molar-refractivity contribution in [3.8, 4) is 11.5 Å². The molecule has 0 aliphatic rings. The summed E-state index contributed by atoms with van der Waals surface area (Å²) in [7, 11) is 3.25. The third-order valence-corrected chi connectivity index (χ3v) is 3.49. The van der Waals surface area contributed by atoms with Gasteiger partial charge in [-0.1, -0.05) is 35.4 Å². The van der Waals surface area contributed by atoms with Gasteiger partial charge in [0.2, 0.25) is 0 Å². The van der Waals surface area contributed by atoms with Crippen LogP contribution in [0.15, 0.2) is 36.4 Å². The fraction of sp³-hybridized carbons (Fsp3) is 0.250. The minimum Gasteiger partial charge on any atom is -0.496 e. The molecule has 2 aromatic rings. The number of hydrogen-bond acceptors (Lipinski definition) is 3. The van der Waals surface area contributed by atoms with Crippen LogP contribution in [0.1, 0.15) is 22.7 Å². The molecule has 2 aromatic carbocycles. The fourth-order valence-electron chi connectivity index (χ4n) is 2.21. The zero-order chi connectivity index (χ0) is 14.7. The molecule has 0 saturated carbocycles. The van der Waals surface area contributed by atoms with Crippen molar-refractivity contribution in [3.63, 3.8) is 0 Å². The van der Waals surface area contributed by atoms with Gasteiger partial charge in [0.05, 0.1) is 20.3 Å². The highest BCUT2D eigenvalue weighted by molar-refractivity contribution is 6.30. The molecular weight excluding hydrogens is 274 g/mol. The highest BCUT2D eigenvalue weighted by Crippen LogP contribution is 2.34. The van der Waals surface area contributed by atoms with E-state index >= 15 is 0 Å². The van der Waals surface area contributed by atoms with Gasteiger partial charge in [0, 0.05) is 16.1 Å². The lowest BCUT2D eigenvalue weighted by molar-refractivity contribution is 0.400. The number of aryl methyl sites for hydroxylation is 1. The van der Waals surface area contributed by atoms with E-state index in [0.29, 0.717) is 10.8 Å². The SMILES string of the molecule is COc1cc(Cl)ccc1C(N)c1cc(C)ccc1OC. The maximum Gasteiger partial charge on any atom is 0.125 e. The van der Waals surface area contributed by atoms with Crippen LogP contribution in [-0.4, -0.2) is 14.2 Å². The monoisotopic (exact) mass is 291 g/mol. The topological polar surface area (TPSA) is 44.5 Å². The van der Waals surface area contributed by atoms with E-state index in [2.05, 4.69) is 0 Å². The summed E-state index contributed by atoms with van der Waals surface area (Å²) in [4.78, 5) is 0. The fourth-order valence-corrected chi connectivity index (χ4v) is 2.37. The summed E-state index contributed by atoms with van der Waals surface area (Å²) in [5.74, 6) is 1.44. The zero-order valence-corrected chi connectivity index (χ0v) is 12.6. The molecule has 2 N–H and O–H groups in total. The molecule has 0 radical (unpaired) electrons. The first kappa shape index (κ1) is 14.7. The highest BCUT2D eigenvalue weighted by Gasteiger charge is 2.18. The Morgan fingerprint density at radius 1 is 0.950 bits per heavy atom. The smallest absolute Gasteiger partial charge is 0.125 e. The first-order valence-corrected chi connectivity index (χ1v) is 6.68. The summed E-state index contributed by atoms with van der Waals surface area (Å²) < 4.78 is 10.8. The van der Waals surface area contributed by atoms with E-state index in [-0.39, 0.29) is 6.04 Å². The number of rotatable bonds is 4. The normalized spacial score (nSPS) is 12.1. The minimum absolute atomic E-state index is 0.336. The second kappa shape index (κ2) is 6.16. The molecule has 106 valence electrons. The first-order valence-electron chi connectivity index (χ1n) is 6.30. The van der Waals surface area contributed by atoms with E-state index in [4.69, 9.17) is 26.8 Å². The van der Waals surface area contributed by atoms with Crippen LogP contribution in [0.5, 0.6) is 11.5 Å². The van der Waals surface area contributed by atoms with Gasteiger partial charge in [-0.05, 0) is 25.1 Å². The Kier molecular flexibility index (Phi) is 4.53. The van der Waals surface area contributed by atoms with Gasteiger partial charge in [-0.3, -0.25) is 0 Å². The highest BCUT2D eigenvalue weighted by atomic mass is 35.5. The molecule has 0 bridgehead atoms. The summed E-state index contributed by atoms with van der Waals surface area (Å²) >= 11 is 5.98. The van der Waals surface area contributed by atoms with Crippen LogP contribution in [-0.2, 0) is 0 Å². The Labute approximate surface area is 124 Å². The number of ether oxygens (including phenoxy) is 2. The van der Waals surface area contributed by atoms with Gasteiger partial charge in [0.25, 0.3) is 0 Å². The molecule has 2 rings (SSSR count). The molecule has 0 fully saturated rings. The average Bonchev–Trinajstić information content (AvgIpc) is 2.46. The lowest BCUT2D eigenvalue weighted by atomic mass is 9.96. The van der Waals surface area contributed by atoms with Gasteiger partial charge >= 0.3 is 0 Å². The quantitative estimate of drug-likeness (QED) is 0.934. The third-order valence-electron chi connectivity index (χ3n) is 3.25. The summed E-state index contributed by atoms with van der Waals surface area (Å²) in [6.07, 6.45) is 0. The van der Waals surface area contributed by atoms with Crippen molar-refractivity contribution in [2.24, 2.45) is 5.73 Å². The number of nitrogens with two attached hydrogens (primary N) is 1. The predicted octanol–water partition coefficient (Wildman–Crippen LogP) is 3.71. The molecule has 4 heteroatoms. The largest absolute Gasteiger partial charge is 0.496 e. The van der Waals surface area contributed by atoms with Crippen LogP contribution in [0.2, 0.25) is 5.02 Å². The van der Waals surface area contributed by atoms with E-state index in [0.717, 1.165) is 22.4 Å². The second-order valence-electron chi connectivity index (χ2n) is 4.61. The van der Waals surface area contributed by atoms with Gasteiger partial charge in [0.1, 0.15) is 11.5 Å². The lowest BCUT2D eigenvalue weighted by Gasteiger charge is -2.19. The van der Waals surface area contributed by atoms with Crippen LogP contribution < -0.4 is 15.2 Å². The zero-order valence-electron chi connectivity index (χ0n) is 11.8. The maximum absolute atomic E-state index is 6.38. The molecule has 0 spiro atoms. The lowest BCUT2D eigenvalue weighted by Crippen LogP contribution is -2.14. The minimum atomic E-state index is -0.336. The predicted molar refractivity (Wildman–Crippen MR) is 81.8 cm³/mol. The van der Waals surface area contributed by atoms with Gasteiger partial charge < -0.3 is 15.2 Å². The first-order chi connectivity index (χ1) is 9.56. The Bertz CT molecular complexity index is 613. The Morgan fingerprint density at radius 3 is 2.30 bits per heavy atom. The van der Waals surface area contributed by atoms with E-state index in [1.54, 1.807) is 20.3 Å². The van der Waals surface area contributed by atoms with Crippen molar-refractivity contribution in [1.82, 2.24) is 0 Å². The number of hydrogen-bond donors (Lipinski definition) is 1. The molecule has 0 aromatic heterocycles. The van der Waals surface area contributed by atoms with E-state index in [9.17, 15) is 0 Å². The van der Waals surface area contributed by atoms with E-state index in [1.807, 2.05) is 37.3 Å². The standard InChI is InChI=1S/C16H18ClNO2/c1-10-4-7-14(19-2)13(8-10)16(18)12-6-5-11(17)9-15(12)20-3/h4-9,16H,18H2,1-3H3. The summed E-state index contributed by atoms with van der Waals surface area (Å²) in [6, 6.07) is 11.1. The summed E-state index contributed by atoms with van der Waals surface area (Å²) in [6.45, 7) is 2.02. The summed E-state index contributed by atoms with van der Waals surface area (Å²) in [5.41, 5.74) is 9.31.